The molecule has 2 N–H and O–H groups in total. The first-order chi connectivity index (χ1) is 20.2. The number of ether oxygens (including phenoxy) is 1. The van der Waals surface area contributed by atoms with E-state index in [1.54, 1.807) is 51.1 Å². The summed E-state index contributed by atoms with van der Waals surface area (Å²) in [6.45, 7) is 5.02. The lowest BCUT2D eigenvalue weighted by molar-refractivity contribution is -0.274. The van der Waals surface area contributed by atoms with Crippen molar-refractivity contribution >= 4 is 5.91 Å². The molecule has 0 unspecified atom stereocenters. The summed E-state index contributed by atoms with van der Waals surface area (Å²) in [6.07, 6.45) is -4.98. The fraction of sp³-hybridized carbons (Fsp3) is 0.200. The zero-order chi connectivity index (χ0) is 31.1. The molecule has 5 rings (SSSR count). The number of hydrogen-bond acceptors (Lipinski definition) is 5. The van der Waals surface area contributed by atoms with Crippen LogP contribution in [0.1, 0.15) is 37.4 Å². The van der Waals surface area contributed by atoms with E-state index in [-0.39, 0.29) is 0 Å². The van der Waals surface area contributed by atoms with Crippen LogP contribution in [-0.2, 0) is 10.2 Å². The first-order valence-electron chi connectivity index (χ1n) is 12.9. The van der Waals surface area contributed by atoms with Crippen molar-refractivity contribution in [1.82, 2.24) is 24.5 Å². The summed E-state index contributed by atoms with van der Waals surface area (Å²) in [4.78, 5) is 16.1. The van der Waals surface area contributed by atoms with Crippen LogP contribution in [0.2, 0.25) is 0 Å². The molecular weight excluding hydrogens is 571 g/mol. The van der Waals surface area contributed by atoms with Crippen LogP contribution < -0.4 is 10.5 Å². The van der Waals surface area contributed by atoms with E-state index in [0.29, 0.717) is 39.6 Å². The summed E-state index contributed by atoms with van der Waals surface area (Å²) in [5.74, 6) is -0.597. The number of aromatic nitrogens is 5. The predicted molar refractivity (Wildman–Crippen MR) is 148 cm³/mol. The molecule has 0 bridgehead atoms. The maximum atomic E-state index is 13.5. The Balaban J connectivity index is 1.67. The summed E-state index contributed by atoms with van der Waals surface area (Å²) < 4.78 is 72.0. The zero-order valence-corrected chi connectivity index (χ0v) is 23.1. The standard InChI is InChI=1S/C30H25F5N6O2/c1-17-38-23(27(31)32)16-40(17)24-12-9-20(19-5-4-6-21(13-19)29(2,3)28(36)42)14-25(24)41-26(15-37-39-41)18-7-10-22(11-8-18)43-30(33,34)35/h4-16,27H,1-3H3,(H2,36,42). The normalized spacial score (nSPS) is 12.1. The average Bonchev–Trinajstić information content (AvgIpc) is 3.59. The quantitative estimate of drug-likeness (QED) is 0.201. The predicted octanol–water partition coefficient (Wildman–Crippen LogP) is 6.69. The molecule has 0 radical (unpaired) electrons. The van der Waals surface area contributed by atoms with E-state index < -0.39 is 35.6 Å². The van der Waals surface area contributed by atoms with Crippen LogP contribution in [0.25, 0.3) is 33.8 Å². The van der Waals surface area contributed by atoms with Crippen molar-refractivity contribution in [2.75, 3.05) is 0 Å². The molecule has 0 fully saturated rings. The minimum atomic E-state index is -4.84. The van der Waals surface area contributed by atoms with Gasteiger partial charge in [-0.25, -0.2) is 18.4 Å². The number of halogens is 5. The van der Waals surface area contributed by atoms with Gasteiger partial charge in [-0.15, -0.1) is 18.3 Å². The first-order valence-corrected chi connectivity index (χ1v) is 12.9. The van der Waals surface area contributed by atoms with Crippen molar-refractivity contribution in [3.8, 4) is 39.5 Å². The third-order valence-corrected chi connectivity index (χ3v) is 7.05. The molecule has 13 heteroatoms. The van der Waals surface area contributed by atoms with Crippen molar-refractivity contribution in [2.45, 2.75) is 39.0 Å². The van der Waals surface area contributed by atoms with E-state index in [9.17, 15) is 26.7 Å². The van der Waals surface area contributed by atoms with Gasteiger partial charge in [0.1, 0.15) is 17.3 Å². The smallest absolute Gasteiger partial charge is 0.406 e. The van der Waals surface area contributed by atoms with Gasteiger partial charge in [0.25, 0.3) is 6.43 Å². The highest BCUT2D eigenvalue weighted by atomic mass is 19.4. The molecule has 0 aliphatic rings. The van der Waals surface area contributed by atoms with E-state index in [0.717, 1.165) is 5.56 Å². The highest BCUT2D eigenvalue weighted by molar-refractivity contribution is 5.86. The Kier molecular flexibility index (Phi) is 7.51. The lowest BCUT2D eigenvalue weighted by Gasteiger charge is -2.22. The van der Waals surface area contributed by atoms with Gasteiger partial charge in [-0.1, -0.05) is 35.5 Å². The number of carbonyl (C=O) groups excluding carboxylic acids is 1. The molecule has 2 aromatic heterocycles. The highest BCUT2D eigenvalue weighted by Crippen LogP contribution is 2.34. The van der Waals surface area contributed by atoms with Gasteiger partial charge < -0.3 is 15.0 Å². The molecule has 8 nitrogen and oxygen atoms in total. The summed E-state index contributed by atoms with van der Waals surface area (Å²) in [5.41, 5.74) is 8.15. The molecular formula is C30H25F5N6O2. The second-order valence-electron chi connectivity index (χ2n) is 10.3. The van der Waals surface area contributed by atoms with E-state index in [4.69, 9.17) is 5.73 Å². The number of amides is 1. The maximum Gasteiger partial charge on any atom is 0.573 e. The Labute approximate surface area is 242 Å². The summed E-state index contributed by atoms with van der Waals surface area (Å²) in [6, 6.07) is 17.7. The Morgan fingerprint density at radius 3 is 2.23 bits per heavy atom. The van der Waals surface area contributed by atoms with Crippen LogP contribution in [0.15, 0.2) is 79.1 Å². The third-order valence-electron chi connectivity index (χ3n) is 7.05. The molecule has 0 saturated carbocycles. The fourth-order valence-corrected chi connectivity index (χ4v) is 4.59. The zero-order valence-electron chi connectivity index (χ0n) is 23.1. The minimum absolute atomic E-state index is 0.296. The number of hydrogen-bond donors (Lipinski definition) is 1. The van der Waals surface area contributed by atoms with E-state index in [2.05, 4.69) is 20.0 Å². The second-order valence-corrected chi connectivity index (χ2v) is 10.3. The molecule has 0 spiro atoms. The summed E-state index contributed by atoms with van der Waals surface area (Å²) in [7, 11) is 0. The number of primary amides is 1. The van der Waals surface area contributed by atoms with Crippen molar-refractivity contribution in [3.05, 3.63) is 96.2 Å². The Morgan fingerprint density at radius 1 is 0.930 bits per heavy atom. The number of imidazole rings is 1. The number of alkyl halides is 5. The van der Waals surface area contributed by atoms with Gasteiger partial charge in [-0.2, -0.15) is 0 Å². The molecule has 2 heterocycles. The van der Waals surface area contributed by atoms with Gasteiger partial charge >= 0.3 is 6.36 Å². The molecule has 0 saturated heterocycles. The van der Waals surface area contributed by atoms with Crippen LogP contribution >= 0.6 is 0 Å². The number of nitrogens with two attached hydrogens (primary N) is 1. The summed E-state index contributed by atoms with van der Waals surface area (Å²) in [5, 5.41) is 8.25. The number of rotatable bonds is 8. The molecule has 5 aromatic rings. The third kappa shape index (κ3) is 5.96. The largest absolute Gasteiger partial charge is 0.573 e. The monoisotopic (exact) mass is 596 g/mol. The number of nitrogens with zero attached hydrogens (tertiary/aromatic N) is 5. The van der Waals surface area contributed by atoms with Gasteiger partial charge in [0.2, 0.25) is 5.91 Å². The number of aryl methyl sites for hydroxylation is 1. The maximum absolute atomic E-state index is 13.5. The second kappa shape index (κ2) is 11.0. The number of carbonyl (C=O) groups is 1. The number of benzene rings is 3. The van der Waals surface area contributed by atoms with Gasteiger partial charge in [0.15, 0.2) is 0 Å². The summed E-state index contributed by atoms with van der Waals surface area (Å²) >= 11 is 0. The van der Waals surface area contributed by atoms with E-state index in [1.807, 2.05) is 12.1 Å². The SMILES string of the molecule is Cc1nc(C(F)F)cn1-c1ccc(-c2cccc(C(C)(C)C(N)=O)c2)cc1-n1nncc1-c1ccc(OC(F)(F)F)cc1. The molecule has 43 heavy (non-hydrogen) atoms. The molecule has 1 amide bonds. The van der Waals surface area contributed by atoms with E-state index in [1.165, 1.54) is 45.9 Å². The fourth-order valence-electron chi connectivity index (χ4n) is 4.59. The average molecular weight is 597 g/mol. The van der Waals surface area contributed by atoms with Crippen LogP contribution in [0.3, 0.4) is 0 Å². The van der Waals surface area contributed by atoms with Crippen LogP contribution in [-0.4, -0.2) is 36.8 Å². The lowest BCUT2D eigenvalue weighted by Crippen LogP contribution is -2.35. The van der Waals surface area contributed by atoms with Crippen molar-refractivity contribution in [2.24, 2.45) is 5.73 Å². The van der Waals surface area contributed by atoms with Gasteiger partial charge in [-0.05, 0) is 73.9 Å². The van der Waals surface area contributed by atoms with Crippen molar-refractivity contribution in [3.63, 3.8) is 0 Å². The molecule has 0 aliphatic carbocycles. The van der Waals surface area contributed by atoms with Gasteiger partial charge in [0, 0.05) is 11.8 Å². The molecule has 0 atom stereocenters. The van der Waals surface area contributed by atoms with Crippen LogP contribution in [0, 0.1) is 6.92 Å². The van der Waals surface area contributed by atoms with Gasteiger partial charge in [-0.3, -0.25) is 4.79 Å². The Morgan fingerprint density at radius 2 is 1.60 bits per heavy atom. The van der Waals surface area contributed by atoms with E-state index >= 15 is 0 Å². The first kappa shape index (κ1) is 29.4. The lowest BCUT2D eigenvalue weighted by atomic mass is 9.82. The molecule has 0 aliphatic heterocycles. The molecule has 222 valence electrons. The van der Waals surface area contributed by atoms with Crippen LogP contribution in [0.4, 0.5) is 22.0 Å². The Bertz CT molecular complexity index is 1790. The van der Waals surface area contributed by atoms with Crippen LogP contribution in [0.5, 0.6) is 5.75 Å². The van der Waals surface area contributed by atoms with Crippen molar-refractivity contribution < 1.29 is 31.5 Å². The minimum Gasteiger partial charge on any atom is -0.406 e. The van der Waals surface area contributed by atoms with Gasteiger partial charge in [0.05, 0.1) is 28.7 Å². The molecule has 3 aromatic carbocycles. The highest BCUT2D eigenvalue weighted by Gasteiger charge is 2.31. The van der Waals surface area contributed by atoms with Crippen molar-refractivity contribution in [1.29, 1.82) is 0 Å². The topological polar surface area (TPSA) is 101 Å². The Hall–Kier alpha value is -5.07.